The van der Waals surface area contributed by atoms with Gasteiger partial charge in [-0.05, 0) is 25.7 Å². The van der Waals surface area contributed by atoms with E-state index in [4.69, 9.17) is 5.73 Å². The lowest BCUT2D eigenvalue weighted by molar-refractivity contribution is 0.251. The van der Waals surface area contributed by atoms with Gasteiger partial charge in [-0.15, -0.1) is 0 Å². The average Bonchev–Trinajstić information content (AvgIpc) is 2.67. The lowest BCUT2D eigenvalue weighted by Gasteiger charge is -2.31. The zero-order valence-electron chi connectivity index (χ0n) is 9.69. The molecule has 2 N–H and O–H groups in total. The van der Waals surface area contributed by atoms with Gasteiger partial charge in [0, 0.05) is 18.3 Å². The maximum absolute atomic E-state index is 5.95. The van der Waals surface area contributed by atoms with Crippen LogP contribution in [0.4, 0.5) is 0 Å². The quantitative estimate of drug-likeness (QED) is 0.810. The molecule has 2 unspecified atom stereocenters. The molecule has 1 saturated carbocycles. The van der Waals surface area contributed by atoms with Crippen LogP contribution in [0.1, 0.15) is 57.3 Å². The van der Waals surface area contributed by atoms with Crippen molar-refractivity contribution >= 4 is 0 Å². The first kappa shape index (κ1) is 10.7. The third kappa shape index (κ3) is 2.07. The van der Waals surface area contributed by atoms with Gasteiger partial charge in [-0.2, -0.15) is 0 Å². The average molecular weight is 207 g/mol. The van der Waals surface area contributed by atoms with Crippen LogP contribution in [0.5, 0.6) is 0 Å². The van der Waals surface area contributed by atoms with Crippen LogP contribution < -0.4 is 5.73 Å². The summed E-state index contributed by atoms with van der Waals surface area (Å²) in [6, 6.07) is 0.698. The van der Waals surface area contributed by atoms with E-state index in [1.807, 2.05) is 19.4 Å². The highest BCUT2D eigenvalue weighted by molar-refractivity contribution is 5.05. The number of imidazole rings is 1. The van der Waals surface area contributed by atoms with Gasteiger partial charge in [0.15, 0.2) is 0 Å². The maximum atomic E-state index is 5.95. The molecule has 1 aliphatic rings. The van der Waals surface area contributed by atoms with Crippen molar-refractivity contribution in [3.05, 3.63) is 18.2 Å². The Morgan fingerprint density at radius 2 is 2.20 bits per heavy atom. The van der Waals surface area contributed by atoms with Crippen molar-refractivity contribution < 1.29 is 0 Å². The predicted molar refractivity (Wildman–Crippen MR) is 61.5 cm³/mol. The molecular formula is C12H21N3. The fourth-order valence-electron chi connectivity index (χ4n) is 2.65. The van der Waals surface area contributed by atoms with Gasteiger partial charge in [-0.25, -0.2) is 4.98 Å². The molecule has 84 valence electrons. The van der Waals surface area contributed by atoms with Gasteiger partial charge in [-0.3, -0.25) is 0 Å². The Labute approximate surface area is 91.7 Å². The van der Waals surface area contributed by atoms with E-state index < -0.39 is 0 Å². The number of hydrogen-bond acceptors (Lipinski definition) is 2. The summed E-state index contributed by atoms with van der Waals surface area (Å²) in [6.45, 7) is 4.37. The number of rotatable bonds is 2. The molecule has 0 spiro atoms. The molecule has 0 aromatic carbocycles. The van der Waals surface area contributed by atoms with Crippen LogP contribution in [0.25, 0.3) is 0 Å². The zero-order valence-corrected chi connectivity index (χ0v) is 9.69. The Morgan fingerprint density at radius 1 is 1.47 bits per heavy atom. The van der Waals surface area contributed by atoms with Crippen molar-refractivity contribution in [1.82, 2.24) is 9.55 Å². The number of aromatic nitrogens is 2. The highest BCUT2D eigenvalue weighted by Crippen LogP contribution is 2.34. The summed E-state index contributed by atoms with van der Waals surface area (Å²) in [7, 11) is 0. The molecule has 2 rings (SSSR count). The van der Waals surface area contributed by atoms with Crippen molar-refractivity contribution in [3.63, 3.8) is 0 Å². The second kappa shape index (κ2) is 4.35. The maximum Gasteiger partial charge on any atom is 0.0951 e. The summed E-state index contributed by atoms with van der Waals surface area (Å²) in [5.41, 5.74) is 7.13. The Morgan fingerprint density at radius 3 is 2.87 bits per heavy atom. The molecule has 0 bridgehead atoms. The van der Waals surface area contributed by atoms with Crippen LogP contribution in [0.15, 0.2) is 12.5 Å². The standard InChI is InChI=1S/C12H21N3/c1-9-5-3-4-6-11(9)15-8-14-7-12(15)10(2)13/h7-11H,3-6,13H2,1-2H3/t9?,10-,11?/m0/s1. The molecule has 1 aromatic heterocycles. The van der Waals surface area contributed by atoms with E-state index >= 15 is 0 Å². The van der Waals surface area contributed by atoms with Gasteiger partial charge in [0.2, 0.25) is 0 Å². The van der Waals surface area contributed by atoms with Gasteiger partial charge in [0.1, 0.15) is 0 Å². The summed E-state index contributed by atoms with van der Waals surface area (Å²) < 4.78 is 2.30. The Balaban J connectivity index is 2.23. The summed E-state index contributed by atoms with van der Waals surface area (Å²) in [5.74, 6) is 0.755. The van der Waals surface area contributed by atoms with Crippen molar-refractivity contribution in [2.45, 2.75) is 51.6 Å². The smallest absolute Gasteiger partial charge is 0.0951 e. The third-order valence-electron chi connectivity index (χ3n) is 3.59. The minimum atomic E-state index is 0.0848. The van der Waals surface area contributed by atoms with Crippen LogP contribution >= 0.6 is 0 Å². The summed E-state index contributed by atoms with van der Waals surface area (Å²) >= 11 is 0. The summed E-state index contributed by atoms with van der Waals surface area (Å²) in [5, 5.41) is 0. The summed E-state index contributed by atoms with van der Waals surface area (Å²) in [6.07, 6.45) is 9.18. The molecular weight excluding hydrogens is 186 g/mol. The third-order valence-corrected chi connectivity index (χ3v) is 3.59. The van der Waals surface area contributed by atoms with E-state index in [1.54, 1.807) is 0 Å². The fraction of sp³-hybridized carbons (Fsp3) is 0.750. The molecule has 0 aliphatic heterocycles. The Hall–Kier alpha value is -0.830. The molecule has 1 fully saturated rings. The van der Waals surface area contributed by atoms with Crippen molar-refractivity contribution in [3.8, 4) is 0 Å². The van der Waals surface area contributed by atoms with E-state index in [0.717, 1.165) is 5.92 Å². The minimum absolute atomic E-state index is 0.0848. The van der Waals surface area contributed by atoms with Crippen molar-refractivity contribution in [2.75, 3.05) is 0 Å². The first-order chi connectivity index (χ1) is 7.20. The molecule has 1 heterocycles. The highest BCUT2D eigenvalue weighted by Gasteiger charge is 2.24. The molecule has 0 saturated heterocycles. The number of nitrogens with zero attached hydrogens (tertiary/aromatic N) is 2. The fourth-order valence-corrected chi connectivity index (χ4v) is 2.65. The lowest BCUT2D eigenvalue weighted by Crippen LogP contribution is -2.24. The van der Waals surface area contributed by atoms with Gasteiger partial charge >= 0.3 is 0 Å². The molecule has 1 aromatic rings. The van der Waals surface area contributed by atoms with Gasteiger partial charge in [-0.1, -0.05) is 19.8 Å². The number of hydrogen-bond donors (Lipinski definition) is 1. The van der Waals surface area contributed by atoms with Crippen molar-refractivity contribution in [1.29, 1.82) is 0 Å². The second-order valence-electron chi connectivity index (χ2n) is 4.84. The molecule has 1 aliphatic carbocycles. The molecule has 3 nitrogen and oxygen atoms in total. The van der Waals surface area contributed by atoms with E-state index in [2.05, 4.69) is 16.5 Å². The largest absolute Gasteiger partial charge is 0.330 e. The Kier molecular flexibility index (Phi) is 3.10. The van der Waals surface area contributed by atoms with E-state index in [0.29, 0.717) is 6.04 Å². The number of nitrogens with two attached hydrogens (primary N) is 1. The SMILES string of the molecule is CC1CCCCC1n1cncc1[C@H](C)N. The van der Waals surface area contributed by atoms with Crippen LogP contribution in [-0.4, -0.2) is 9.55 Å². The van der Waals surface area contributed by atoms with Crippen LogP contribution in [0.2, 0.25) is 0 Å². The molecule has 0 amide bonds. The first-order valence-corrected chi connectivity index (χ1v) is 5.97. The molecule has 3 heteroatoms. The van der Waals surface area contributed by atoms with E-state index in [-0.39, 0.29) is 6.04 Å². The van der Waals surface area contributed by atoms with Gasteiger partial charge in [0.25, 0.3) is 0 Å². The van der Waals surface area contributed by atoms with Crippen molar-refractivity contribution in [2.24, 2.45) is 11.7 Å². The van der Waals surface area contributed by atoms with Crippen LogP contribution in [0, 0.1) is 5.92 Å². The van der Waals surface area contributed by atoms with Crippen LogP contribution in [-0.2, 0) is 0 Å². The van der Waals surface area contributed by atoms with Crippen LogP contribution in [0.3, 0.4) is 0 Å². The zero-order chi connectivity index (χ0) is 10.8. The van der Waals surface area contributed by atoms with Gasteiger partial charge in [0.05, 0.1) is 12.0 Å². The summed E-state index contributed by atoms with van der Waals surface area (Å²) in [4.78, 5) is 4.24. The van der Waals surface area contributed by atoms with E-state index in [1.165, 1.54) is 31.4 Å². The van der Waals surface area contributed by atoms with E-state index in [9.17, 15) is 0 Å². The molecule has 0 radical (unpaired) electrons. The lowest BCUT2D eigenvalue weighted by atomic mass is 9.85. The predicted octanol–water partition coefficient (Wildman–Crippen LogP) is 2.65. The first-order valence-electron chi connectivity index (χ1n) is 5.97. The topological polar surface area (TPSA) is 43.8 Å². The second-order valence-corrected chi connectivity index (χ2v) is 4.84. The molecule has 3 atom stereocenters. The normalized spacial score (nSPS) is 29.0. The molecule has 15 heavy (non-hydrogen) atoms. The highest BCUT2D eigenvalue weighted by atomic mass is 15.1. The minimum Gasteiger partial charge on any atom is -0.330 e. The monoisotopic (exact) mass is 207 g/mol. The van der Waals surface area contributed by atoms with Gasteiger partial charge < -0.3 is 10.3 Å². The Bertz CT molecular complexity index is 316.